The lowest BCUT2D eigenvalue weighted by molar-refractivity contribution is 0.769. The molecule has 0 aliphatic rings. The Morgan fingerprint density at radius 2 is 1.96 bits per heavy atom. The van der Waals surface area contributed by atoms with Gasteiger partial charge in [-0.2, -0.15) is 10.1 Å². The van der Waals surface area contributed by atoms with Crippen LogP contribution in [-0.4, -0.2) is 29.3 Å². The molecule has 0 saturated carbocycles. The van der Waals surface area contributed by atoms with E-state index in [1.54, 1.807) is 6.20 Å². The van der Waals surface area contributed by atoms with E-state index in [4.69, 9.17) is 28.2 Å². The molecule has 0 spiro atoms. The Balaban J connectivity index is 1.84. The number of rotatable bonds is 4. The minimum atomic E-state index is -0.178. The van der Waals surface area contributed by atoms with Gasteiger partial charge >= 0.3 is 0 Å². The van der Waals surface area contributed by atoms with Crippen LogP contribution in [0.15, 0.2) is 36.8 Å². The van der Waals surface area contributed by atoms with Crippen LogP contribution in [0.5, 0.6) is 0 Å². The molecule has 0 bridgehead atoms. The largest absolute Gasteiger partial charge is 0.361 e. The molecule has 0 fully saturated rings. The summed E-state index contributed by atoms with van der Waals surface area (Å²) < 4.78 is 3.88. The van der Waals surface area contributed by atoms with Crippen molar-refractivity contribution in [2.45, 2.75) is 13.0 Å². The third-order valence-electron chi connectivity index (χ3n) is 4.47. The van der Waals surface area contributed by atoms with Crippen LogP contribution in [0.2, 0.25) is 10.3 Å². The minimum Gasteiger partial charge on any atom is -0.361 e. The Morgan fingerprint density at radius 3 is 2.70 bits per heavy atom. The molecule has 4 aromatic rings. The molecule has 27 heavy (non-hydrogen) atoms. The maximum Gasteiger partial charge on any atom is 0.224 e. The highest BCUT2D eigenvalue weighted by Crippen LogP contribution is 2.32. The molecular formula is C18H17Cl2N7. The summed E-state index contributed by atoms with van der Waals surface area (Å²) in [5.74, 6) is 0.468. The van der Waals surface area contributed by atoms with E-state index in [1.165, 1.54) is 6.20 Å². The van der Waals surface area contributed by atoms with Crippen molar-refractivity contribution in [3.63, 3.8) is 0 Å². The summed E-state index contributed by atoms with van der Waals surface area (Å²) >= 11 is 12.1. The van der Waals surface area contributed by atoms with Crippen LogP contribution in [0, 0.1) is 0 Å². The van der Waals surface area contributed by atoms with Crippen molar-refractivity contribution in [1.82, 2.24) is 29.3 Å². The molecule has 0 aromatic carbocycles. The lowest BCUT2D eigenvalue weighted by Crippen LogP contribution is -2.13. The first kappa shape index (κ1) is 17.8. The number of nitrogens with one attached hydrogen (secondary N) is 1. The van der Waals surface area contributed by atoms with Crippen molar-refractivity contribution in [1.29, 1.82) is 0 Å². The maximum absolute atomic E-state index is 6.21. The summed E-state index contributed by atoms with van der Waals surface area (Å²) in [6.45, 7) is 2.00. The minimum absolute atomic E-state index is 0.132. The molecule has 4 heterocycles. The zero-order valence-corrected chi connectivity index (χ0v) is 16.5. The van der Waals surface area contributed by atoms with Gasteiger partial charge in [0.05, 0.1) is 34.7 Å². The summed E-state index contributed by atoms with van der Waals surface area (Å²) in [5.41, 5.74) is 4.79. The zero-order chi connectivity index (χ0) is 19.1. The summed E-state index contributed by atoms with van der Waals surface area (Å²) in [6, 6.07) is 5.91. The van der Waals surface area contributed by atoms with Crippen LogP contribution in [0.1, 0.15) is 18.7 Å². The Bertz CT molecular complexity index is 1130. The smallest absolute Gasteiger partial charge is 0.224 e. The predicted molar refractivity (Wildman–Crippen MR) is 107 cm³/mol. The average molecular weight is 402 g/mol. The van der Waals surface area contributed by atoms with Crippen LogP contribution in [0.3, 0.4) is 0 Å². The first-order valence-corrected chi connectivity index (χ1v) is 9.08. The molecule has 138 valence electrons. The van der Waals surface area contributed by atoms with Crippen molar-refractivity contribution in [2.75, 3.05) is 5.32 Å². The Labute approximate surface area is 166 Å². The monoisotopic (exact) mass is 401 g/mol. The summed E-state index contributed by atoms with van der Waals surface area (Å²) in [5, 5.41) is 8.12. The summed E-state index contributed by atoms with van der Waals surface area (Å²) in [6.07, 6.45) is 5.24. The molecule has 0 radical (unpaired) electrons. The molecule has 0 unspecified atom stereocenters. The SMILES string of the molecule is C[C@H](Nc1nc(Cl)ncc1Cl)c1nc2ccn(C)c2cc1-c1ccnn1C. The quantitative estimate of drug-likeness (QED) is 0.517. The van der Waals surface area contributed by atoms with E-state index in [2.05, 4.69) is 26.4 Å². The van der Waals surface area contributed by atoms with E-state index in [0.29, 0.717) is 10.8 Å². The number of aryl methyl sites for hydroxylation is 2. The zero-order valence-electron chi connectivity index (χ0n) is 15.0. The van der Waals surface area contributed by atoms with Crippen LogP contribution in [-0.2, 0) is 14.1 Å². The van der Waals surface area contributed by atoms with Crippen LogP contribution in [0.4, 0.5) is 5.82 Å². The fourth-order valence-corrected chi connectivity index (χ4v) is 3.37. The number of fused-ring (bicyclic) bond motifs is 1. The van der Waals surface area contributed by atoms with Crippen LogP contribution < -0.4 is 5.32 Å². The second-order valence-electron chi connectivity index (χ2n) is 6.29. The molecule has 4 rings (SSSR count). The fourth-order valence-electron chi connectivity index (χ4n) is 3.09. The van der Waals surface area contributed by atoms with Crippen LogP contribution in [0.25, 0.3) is 22.3 Å². The van der Waals surface area contributed by atoms with Gasteiger partial charge in [-0.3, -0.25) is 4.68 Å². The van der Waals surface area contributed by atoms with E-state index in [0.717, 1.165) is 28.0 Å². The van der Waals surface area contributed by atoms with Gasteiger partial charge in [-0.25, -0.2) is 9.97 Å². The fraction of sp³-hybridized carbons (Fsp3) is 0.222. The number of aromatic nitrogens is 6. The number of hydrogen-bond acceptors (Lipinski definition) is 5. The molecule has 0 amide bonds. The lowest BCUT2D eigenvalue weighted by Gasteiger charge is -2.19. The van der Waals surface area contributed by atoms with Gasteiger partial charge in [0, 0.05) is 32.1 Å². The van der Waals surface area contributed by atoms with Gasteiger partial charge in [0.1, 0.15) is 10.8 Å². The number of hydrogen-bond donors (Lipinski definition) is 1. The highest BCUT2D eigenvalue weighted by molar-refractivity contribution is 6.33. The first-order chi connectivity index (χ1) is 12.9. The van der Waals surface area contributed by atoms with E-state index >= 15 is 0 Å². The van der Waals surface area contributed by atoms with E-state index in [-0.39, 0.29) is 11.3 Å². The Hall–Kier alpha value is -2.64. The van der Waals surface area contributed by atoms with Gasteiger partial charge < -0.3 is 9.88 Å². The number of nitrogens with zero attached hydrogens (tertiary/aromatic N) is 6. The second kappa shape index (κ2) is 6.83. The number of halogens is 2. The topological polar surface area (TPSA) is 73.5 Å². The highest BCUT2D eigenvalue weighted by atomic mass is 35.5. The molecule has 4 aromatic heterocycles. The molecule has 0 saturated heterocycles. The van der Waals surface area contributed by atoms with Crippen LogP contribution >= 0.6 is 23.2 Å². The van der Waals surface area contributed by atoms with Gasteiger partial charge in [0.25, 0.3) is 0 Å². The highest BCUT2D eigenvalue weighted by Gasteiger charge is 2.19. The summed E-state index contributed by atoms with van der Waals surface area (Å²) in [4.78, 5) is 13.0. The molecule has 9 heteroatoms. The first-order valence-electron chi connectivity index (χ1n) is 8.33. The van der Waals surface area contributed by atoms with Crippen molar-refractivity contribution in [3.8, 4) is 11.3 Å². The molecule has 1 N–H and O–H groups in total. The van der Waals surface area contributed by atoms with Gasteiger partial charge in [-0.05, 0) is 36.7 Å². The Morgan fingerprint density at radius 1 is 1.15 bits per heavy atom. The molecule has 0 aliphatic carbocycles. The van der Waals surface area contributed by atoms with E-state index < -0.39 is 0 Å². The second-order valence-corrected chi connectivity index (χ2v) is 7.04. The molecule has 7 nitrogen and oxygen atoms in total. The third kappa shape index (κ3) is 3.24. The molecule has 0 aliphatic heterocycles. The lowest BCUT2D eigenvalue weighted by atomic mass is 10.0. The predicted octanol–water partition coefficient (Wildman–Crippen LogP) is 4.24. The molecular weight excluding hydrogens is 385 g/mol. The third-order valence-corrected chi connectivity index (χ3v) is 4.93. The van der Waals surface area contributed by atoms with Crippen molar-refractivity contribution < 1.29 is 0 Å². The molecule has 1 atom stereocenters. The van der Waals surface area contributed by atoms with Gasteiger partial charge in [0.2, 0.25) is 5.28 Å². The average Bonchev–Trinajstić information content (AvgIpc) is 3.23. The Kier molecular flexibility index (Phi) is 4.49. The van der Waals surface area contributed by atoms with Crippen molar-refractivity contribution in [2.24, 2.45) is 14.1 Å². The number of anilines is 1. The maximum atomic E-state index is 6.21. The van der Waals surface area contributed by atoms with E-state index in [9.17, 15) is 0 Å². The van der Waals surface area contributed by atoms with Crippen molar-refractivity contribution in [3.05, 3.63) is 52.8 Å². The van der Waals surface area contributed by atoms with Gasteiger partial charge in [-0.1, -0.05) is 11.6 Å². The normalized spacial score (nSPS) is 12.5. The summed E-state index contributed by atoms with van der Waals surface area (Å²) in [7, 11) is 3.91. The van der Waals surface area contributed by atoms with Gasteiger partial charge in [-0.15, -0.1) is 0 Å². The van der Waals surface area contributed by atoms with Gasteiger partial charge in [0.15, 0.2) is 0 Å². The number of pyridine rings is 1. The standard InChI is InChI=1S/C18H17Cl2N7/c1-10(23-17-12(19)9-21-18(20)25-17)16-11(14-4-6-22-27(14)3)8-15-13(24-16)5-7-26(15)2/h4-10H,1-3H3,(H,21,23,25)/t10-/m0/s1. The van der Waals surface area contributed by atoms with Crippen molar-refractivity contribution >= 4 is 40.1 Å². The van der Waals surface area contributed by atoms with E-state index in [1.807, 2.05) is 48.6 Å².